The summed E-state index contributed by atoms with van der Waals surface area (Å²) < 4.78 is 10.5. The van der Waals surface area contributed by atoms with E-state index in [9.17, 15) is 4.79 Å². The molecule has 0 unspecified atom stereocenters. The van der Waals surface area contributed by atoms with Crippen molar-refractivity contribution in [3.63, 3.8) is 0 Å². The van der Waals surface area contributed by atoms with E-state index in [4.69, 9.17) is 9.47 Å². The van der Waals surface area contributed by atoms with Gasteiger partial charge < -0.3 is 9.47 Å². The molecule has 3 nitrogen and oxygen atoms in total. The van der Waals surface area contributed by atoms with Crippen molar-refractivity contribution in [2.24, 2.45) is 0 Å². The summed E-state index contributed by atoms with van der Waals surface area (Å²) in [5, 5.41) is 0. The molecule has 3 heteroatoms. The highest BCUT2D eigenvalue weighted by atomic mass is 16.5. The highest BCUT2D eigenvalue weighted by Crippen LogP contribution is 2.14. The number of esters is 1. The van der Waals surface area contributed by atoms with Gasteiger partial charge in [0.1, 0.15) is 5.75 Å². The quantitative estimate of drug-likeness (QED) is 0.369. The van der Waals surface area contributed by atoms with Crippen LogP contribution in [0.5, 0.6) is 5.75 Å². The third-order valence-electron chi connectivity index (χ3n) is 2.96. The molecule has 0 radical (unpaired) electrons. The maximum Gasteiger partial charge on any atom is 0.330 e. The first-order chi connectivity index (χ1) is 9.76. The molecular weight excluding hydrogens is 252 g/mol. The van der Waals surface area contributed by atoms with E-state index in [1.165, 1.54) is 24.8 Å². The van der Waals surface area contributed by atoms with Crippen LogP contribution in [0.4, 0.5) is 0 Å². The topological polar surface area (TPSA) is 35.5 Å². The van der Waals surface area contributed by atoms with Crippen LogP contribution < -0.4 is 4.74 Å². The van der Waals surface area contributed by atoms with E-state index in [0.717, 1.165) is 18.2 Å². The Labute approximate surface area is 121 Å². The van der Waals surface area contributed by atoms with Crippen LogP contribution in [0.25, 0.3) is 0 Å². The van der Waals surface area contributed by atoms with Gasteiger partial charge in [0, 0.05) is 12.5 Å². The summed E-state index contributed by atoms with van der Waals surface area (Å²) in [5.74, 6) is 0.473. The Bertz CT molecular complexity index is 395. The molecule has 1 aromatic rings. The summed E-state index contributed by atoms with van der Waals surface area (Å²) in [6.07, 6.45) is 6.74. The zero-order chi connectivity index (χ0) is 14.6. The number of hydrogen-bond acceptors (Lipinski definition) is 3. The zero-order valence-electron chi connectivity index (χ0n) is 12.3. The number of rotatable bonds is 10. The van der Waals surface area contributed by atoms with Crippen molar-refractivity contribution in [2.45, 2.75) is 39.0 Å². The predicted octanol–water partition coefficient (Wildman–Crippen LogP) is 3.92. The Morgan fingerprint density at radius 2 is 1.90 bits per heavy atom. The zero-order valence-corrected chi connectivity index (χ0v) is 12.3. The monoisotopic (exact) mass is 276 g/mol. The smallest absolute Gasteiger partial charge is 0.330 e. The maximum absolute atomic E-state index is 10.8. The van der Waals surface area contributed by atoms with Crippen molar-refractivity contribution in [3.8, 4) is 5.75 Å². The fourth-order valence-electron chi connectivity index (χ4n) is 1.81. The number of carbonyl (C=O) groups is 1. The van der Waals surface area contributed by atoms with Gasteiger partial charge >= 0.3 is 5.97 Å². The lowest BCUT2D eigenvalue weighted by Gasteiger charge is -2.07. The van der Waals surface area contributed by atoms with Gasteiger partial charge in [-0.25, -0.2) is 4.79 Å². The molecule has 0 aliphatic rings. The van der Waals surface area contributed by atoms with E-state index >= 15 is 0 Å². The van der Waals surface area contributed by atoms with Crippen LogP contribution >= 0.6 is 0 Å². The maximum atomic E-state index is 10.8. The first kappa shape index (κ1) is 16.3. The lowest BCUT2D eigenvalue weighted by Crippen LogP contribution is -2.06. The van der Waals surface area contributed by atoms with Crippen molar-refractivity contribution in [3.05, 3.63) is 42.5 Å². The molecule has 0 N–H and O–H groups in total. The Balaban J connectivity index is 2.17. The van der Waals surface area contributed by atoms with Gasteiger partial charge in [-0.05, 0) is 30.5 Å². The van der Waals surface area contributed by atoms with Crippen molar-refractivity contribution in [1.29, 1.82) is 0 Å². The molecule has 0 aromatic heterocycles. The summed E-state index contributed by atoms with van der Waals surface area (Å²) in [7, 11) is 0. The number of ether oxygens (including phenoxy) is 2. The van der Waals surface area contributed by atoms with Crippen molar-refractivity contribution in [1.82, 2.24) is 0 Å². The minimum absolute atomic E-state index is 0.361. The second-order valence-corrected chi connectivity index (χ2v) is 4.67. The molecule has 0 atom stereocenters. The van der Waals surface area contributed by atoms with Gasteiger partial charge in [0.2, 0.25) is 0 Å². The number of unbranched alkanes of at least 4 members (excludes halogenated alkanes) is 2. The SMILES string of the molecule is C=CC(=O)OCCCOc1ccc(CCCCC)cc1. The Kier molecular flexibility index (Phi) is 8.20. The fourth-order valence-corrected chi connectivity index (χ4v) is 1.81. The highest BCUT2D eigenvalue weighted by molar-refractivity contribution is 5.81. The predicted molar refractivity (Wildman–Crippen MR) is 80.9 cm³/mol. The van der Waals surface area contributed by atoms with E-state index in [-0.39, 0.29) is 5.97 Å². The van der Waals surface area contributed by atoms with Crippen molar-refractivity contribution < 1.29 is 14.3 Å². The minimum Gasteiger partial charge on any atom is -0.493 e. The average molecular weight is 276 g/mol. The van der Waals surface area contributed by atoms with Crippen LogP contribution in [0.2, 0.25) is 0 Å². The number of aryl methyl sites for hydroxylation is 1. The molecule has 0 spiro atoms. The van der Waals surface area contributed by atoms with Gasteiger partial charge in [-0.15, -0.1) is 0 Å². The van der Waals surface area contributed by atoms with E-state index in [1.54, 1.807) is 0 Å². The first-order valence-corrected chi connectivity index (χ1v) is 7.27. The molecule has 20 heavy (non-hydrogen) atoms. The average Bonchev–Trinajstić information content (AvgIpc) is 2.48. The molecule has 1 aromatic carbocycles. The van der Waals surface area contributed by atoms with Crippen LogP contribution in [-0.2, 0) is 16.0 Å². The molecule has 0 amide bonds. The van der Waals surface area contributed by atoms with Gasteiger partial charge in [-0.3, -0.25) is 0 Å². The van der Waals surface area contributed by atoms with E-state index in [1.807, 2.05) is 12.1 Å². The summed E-state index contributed by atoms with van der Waals surface area (Å²) in [6.45, 7) is 6.45. The molecule has 110 valence electrons. The molecule has 0 heterocycles. The second kappa shape index (κ2) is 10.1. The second-order valence-electron chi connectivity index (χ2n) is 4.67. The summed E-state index contributed by atoms with van der Waals surface area (Å²) in [6, 6.07) is 8.22. The van der Waals surface area contributed by atoms with Gasteiger partial charge in [-0.2, -0.15) is 0 Å². The summed E-state index contributed by atoms with van der Waals surface area (Å²) >= 11 is 0. The Morgan fingerprint density at radius 1 is 1.15 bits per heavy atom. The van der Waals surface area contributed by atoms with Crippen LogP contribution in [0.3, 0.4) is 0 Å². The van der Waals surface area contributed by atoms with Crippen LogP contribution in [0.1, 0.15) is 38.2 Å². The number of hydrogen-bond donors (Lipinski definition) is 0. The van der Waals surface area contributed by atoms with E-state index in [0.29, 0.717) is 19.6 Å². The largest absolute Gasteiger partial charge is 0.493 e. The van der Waals surface area contributed by atoms with Crippen LogP contribution in [-0.4, -0.2) is 19.2 Å². The molecule has 0 saturated carbocycles. The van der Waals surface area contributed by atoms with Gasteiger partial charge in [-0.1, -0.05) is 38.5 Å². The Morgan fingerprint density at radius 3 is 2.55 bits per heavy atom. The van der Waals surface area contributed by atoms with Crippen LogP contribution in [0.15, 0.2) is 36.9 Å². The molecular formula is C17H24O3. The molecule has 0 bridgehead atoms. The highest BCUT2D eigenvalue weighted by Gasteiger charge is 1.98. The van der Waals surface area contributed by atoms with E-state index in [2.05, 4.69) is 25.6 Å². The normalized spacial score (nSPS) is 10.1. The lowest BCUT2D eigenvalue weighted by molar-refractivity contribution is -0.137. The third-order valence-corrected chi connectivity index (χ3v) is 2.96. The third kappa shape index (κ3) is 6.98. The summed E-state index contributed by atoms with van der Waals surface area (Å²) in [4.78, 5) is 10.8. The van der Waals surface area contributed by atoms with Gasteiger partial charge in [0.15, 0.2) is 0 Å². The number of benzene rings is 1. The Hall–Kier alpha value is -1.77. The van der Waals surface area contributed by atoms with Crippen molar-refractivity contribution >= 4 is 5.97 Å². The van der Waals surface area contributed by atoms with Gasteiger partial charge in [0.25, 0.3) is 0 Å². The first-order valence-electron chi connectivity index (χ1n) is 7.27. The summed E-state index contributed by atoms with van der Waals surface area (Å²) in [5.41, 5.74) is 1.35. The molecule has 0 saturated heterocycles. The molecule has 1 rings (SSSR count). The molecule has 0 aliphatic carbocycles. The van der Waals surface area contributed by atoms with Gasteiger partial charge in [0.05, 0.1) is 13.2 Å². The van der Waals surface area contributed by atoms with E-state index < -0.39 is 0 Å². The standard InChI is InChI=1S/C17H24O3/c1-3-5-6-8-15-9-11-16(12-10-15)19-13-7-14-20-17(18)4-2/h4,9-12H,2-3,5-8,13-14H2,1H3. The lowest BCUT2D eigenvalue weighted by atomic mass is 10.1. The molecule has 0 aliphatic heterocycles. The fraction of sp³-hybridized carbons (Fsp3) is 0.471. The van der Waals surface area contributed by atoms with Crippen LogP contribution in [0, 0.1) is 0 Å². The molecule has 0 fully saturated rings. The minimum atomic E-state index is -0.388. The van der Waals surface area contributed by atoms with Crippen molar-refractivity contribution in [2.75, 3.05) is 13.2 Å². The number of carbonyl (C=O) groups excluding carboxylic acids is 1.